The maximum atomic E-state index is 12.5. The van der Waals surface area contributed by atoms with E-state index < -0.39 is 0 Å². The van der Waals surface area contributed by atoms with Crippen molar-refractivity contribution in [3.05, 3.63) is 62.0 Å². The first-order valence-electron chi connectivity index (χ1n) is 9.18. The fraction of sp³-hybridized carbons (Fsp3) is 0.300. The lowest BCUT2D eigenvalue weighted by Crippen LogP contribution is -2.42. The van der Waals surface area contributed by atoms with Crippen LogP contribution in [0.2, 0.25) is 15.1 Å². The molecule has 1 fully saturated rings. The molecule has 1 aliphatic heterocycles. The van der Waals surface area contributed by atoms with Crippen LogP contribution >= 0.6 is 34.8 Å². The molecule has 2 aromatic carbocycles. The molecule has 0 radical (unpaired) electrons. The van der Waals surface area contributed by atoms with Crippen LogP contribution in [0, 0.1) is 0 Å². The molecule has 0 spiro atoms. The zero-order chi connectivity index (χ0) is 20.5. The fourth-order valence-electron chi connectivity index (χ4n) is 3.66. The van der Waals surface area contributed by atoms with Gasteiger partial charge in [0.1, 0.15) is 5.75 Å². The number of rotatable bonds is 4. The number of ether oxygens (including phenoxy) is 1. The third-order valence-corrected chi connectivity index (χ3v) is 6.15. The highest BCUT2D eigenvalue weighted by Gasteiger charge is 2.26. The smallest absolute Gasteiger partial charge is 0.326 e. The predicted molar refractivity (Wildman–Crippen MR) is 114 cm³/mol. The van der Waals surface area contributed by atoms with E-state index >= 15 is 0 Å². The van der Waals surface area contributed by atoms with Crippen LogP contribution in [0.3, 0.4) is 0 Å². The van der Waals surface area contributed by atoms with Gasteiger partial charge in [0, 0.05) is 25.2 Å². The Bertz CT molecular complexity index is 1120. The second-order valence-electron chi connectivity index (χ2n) is 6.91. The number of fused-ring (bicyclic) bond motifs is 1. The molecule has 1 aromatic heterocycles. The molecule has 1 amide bonds. The summed E-state index contributed by atoms with van der Waals surface area (Å²) in [5, 5.41) is 0.929. The molecule has 0 saturated carbocycles. The molecule has 29 heavy (non-hydrogen) atoms. The molecule has 1 aliphatic rings. The summed E-state index contributed by atoms with van der Waals surface area (Å²) in [6.45, 7) is 0.956. The number of halogens is 3. The molecule has 3 aromatic rings. The topological polar surface area (TPSA) is 67.3 Å². The molecule has 9 heteroatoms. The molecular weight excluding hydrogens is 437 g/mol. The molecule has 0 atom stereocenters. The molecule has 152 valence electrons. The van der Waals surface area contributed by atoms with Crippen molar-refractivity contribution in [1.82, 2.24) is 14.5 Å². The SMILES string of the molecule is O=C(COc1cc(Cl)c(Cl)cc1Cl)N1CCC(n2c(=O)[nH]c3ccccc32)CC1. The Labute approximate surface area is 181 Å². The van der Waals surface area contributed by atoms with Gasteiger partial charge >= 0.3 is 5.69 Å². The van der Waals surface area contributed by atoms with Gasteiger partial charge in [0.05, 0.1) is 26.1 Å². The van der Waals surface area contributed by atoms with Crippen molar-refractivity contribution in [1.29, 1.82) is 0 Å². The molecule has 0 bridgehead atoms. The minimum absolute atomic E-state index is 0.0492. The number of piperidine rings is 1. The van der Waals surface area contributed by atoms with Gasteiger partial charge in [-0.3, -0.25) is 9.36 Å². The number of hydrogen-bond acceptors (Lipinski definition) is 3. The molecule has 0 aliphatic carbocycles. The van der Waals surface area contributed by atoms with E-state index in [0.29, 0.717) is 46.7 Å². The summed E-state index contributed by atoms with van der Waals surface area (Å²) >= 11 is 18.0. The summed E-state index contributed by atoms with van der Waals surface area (Å²) in [7, 11) is 0. The second kappa shape index (κ2) is 8.30. The Morgan fingerprint density at radius 3 is 2.52 bits per heavy atom. The molecular formula is C20H18Cl3N3O3. The van der Waals surface area contributed by atoms with Gasteiger partial charge in [-0.15, -0.1) is 0 Å². The minimum atomic E-state index is -0.143. The van der Waals surface area contributed by atoms with E-state index in [-0.39, 0.29) is 24.2 Å². The zero-order valence-corrected chi connectivity index (χ0v) is 17.6. The van der Waals surface area contributed by atoms with Crippen molar-refractivity contribution in [3.63, 3.8) is 0 Å². The normalized spacial score (nSPS) is 15.1. The number of amides is 1. The van der Waals surface area contributed by atoms with Crippen LogP contribution in [0.4, 0.5) is 0 Å². The van der Waals surface area contributed by atoms with Gasteiger partial charge in [0.15, 0.2) is 6.61 Å². The number of nitrogens with one attached hydrogen (secondary N) is 1. The lowest BCUT2D eigenvalue weighted by molar-refractivity contribution is -0.134. The van der Waals surface area contributed by atoms with Crippen LogP contribution in [0.25, 0.3) is 11.0 Å². The van der Waals surface area contributed by atoms with Gasteiger partial charge < -0.3 is 14.6 Å². The van der Waals surface area contributed by atoms with Gasteiger partial charge in [0.25, 0.3) is 5.91 Å². The van der Waals surface area contributed by atoms with Crippen molar-refractivity contribution in [2.75, 3.05) is 19.7 Å². The summed E-state index contributed by atoms with van der Waals surface area (Å²) in [6.07, 6.45) is 1.39. The number of imidazole rings is 1. The molecule has 2 heterocycles. The summed E-state index contributed by atoms with van der Waals surface area (Å²) in [6, 6.07) is 10.6. The van der Waals surface area contributed by atoms with E-state index in [1.807, 2.05) is 24.3 Å². The number of H-pyrrole nitrogens is 1. The van der Waals surface area contributed by atoms with Crippen molar-refractivity contribution in [3.8, 4) is 5.75 Å². The number of likely N-dealkylation sites (tertiary alicyclic amines) is 1. The van der Waals surface area contributed by atoms with Crippen LogP contribution in [0.5, 0.6) is 5.75 Å². The van der Waals surface area contributed by atoms with E-state index in [9.17, 15) is 9.59 Å². The average Bonchev–Trinajstić information content (AvgIpc) is 3.05. The van der Waals surface area contributed by atoms with Crippen molar-refractivity contribution < 1.29 is 9.53 Å². The predicted octanol–water partition coefficient (Wildman–Crippen LogP) is 4.53. The van der Waals surface area contributed by atoms with Gasteiger partial charge in [-0.05, 0) is 31.0 Å². The first-order chi connectivity index (χ1) is 13.9. The second-order valence-corrected chi connectivity index (χ2v) is 8.14. The van der Waals surface area contributed by atoms with Gasteiger partial charge in [-0.2, -0.15) is 0 Å². The Hall–Kier alpha value is -2.15. The van der Waals surface area contributed by atoms with Crippen LogP contribution < -0.4 is 10.4 Å². The monoisotopic (exact) mass is 453 g/mol. The first kappa shape index (κ1) is 20.1. The van der Waals surface area contributed by atoms with Crippen LogP contribution in [0.1, 0.15) is 18.9 Å². The zero-order valence-electron chi connectivity index (χ0n) is 15.3. The Kier molecular flexibility index (Phi) is 5.76. The summed E-state index contributed by atoms with van der Waals surface area (Å²) in [5.41, 5.74) is 1.59. The van der Waals surface area contributed by atoms with E-state index in [0.717, 1.165) is 11.0 Å². The first-order valence-corrected chi connectivity index (χ1v) is 10.3. The standard InChI is InChI=1S/C20H18Cl3N3O3/c21-13-9-15(23)18(10-14(13)22)29-11-19(27)25-7-5-12(6-8-25)26-17-4-2-1-3-16(17)24-20(26)28/h1-4,9-10,12H,5-8,11H2,(H,24,28). The molecule has 0 unspecified atom stereocenters. The van der Waals surface area contributed by atoms with Gasteiger partial charge in [0.2, 0.25) is 0 Å². The van der Waals surface area contributed by atoms with Crippen LogP contribution in [0.15, 0.2) is 41.2 Å². The third-order valence-electron chi connectivity index (χ3n) is 5.13. The number of para-hydroxylation sites is 2. The van der Waals surface area contributed by atoms with E-state index in [4.69, 9.17) is 39.5 Å². The number of benzene rings is 2. The number of hydrogen-bond donors (Lipinski definition) is 1. The Balaban J connectivity index is 1.38. The minimum Gasteiger partial charge on any atom is -0.482 e. The summed E-state index contributed by atoms with van der Waals surface area (Å²) < 4.78 is 7.33. The number of carbonyl (C=O) groups is 1. The van der Waals surface area contributed by atoms with Crippen molar-refractivity contribution in [2.45, 2.75) is 18.9 Å². The summed E-state index contributed by atoms with van der Waals surface area (Å²) in [5.74, 6) is 0.173. The number of nitrogens with zero attached hydrogens (tertiary/aromatic N) is 2. The number of aromatic nitrogens is 2. The van der Waals surface area contributed by atoms with Crippen LogP contribution in [-0.2, 0) is 4.79 Å². The van der Waals surface area contributed by atoms with E-state index in [2.05, 4.69) is 4.98 Å². The highest BCUT2D eigenvalue weighted by molar-refractivity contribution is 6.43. The average molecular weight is 455 g/mol. The highest BCUT2D eigenvalue weighted by Crippen LogP contribution is 2.34. The van der Waals surface area contributed by atoms with Gasteiger partial charge in [-0.25, -0.2) is 4.79 Å². The van der Waals surface area contributed by atoms with Crippen molar-refractivity contribution >= 4 is 51.7 Å². The van der Waals surface area contributed by atoms with Crippen molar-refractivity contribution in [2.24, 2.45) is 0 Å². The lowest BCUT2D eigenvalue weighted by atomic mass is 10.0. The lowest BCUT2D eigenvalue weighted by Gasteiger charge is -2.32. The molecule has 6 nitrogen and oxygen atoms in total. The Morgan fingerprint density at radius 2 is 1.76 bits per heavy atom. The molecule has 1 saturated heterocycles. The fourth-order valence-corrected chi connectivity index (χ4v) is 4.25. The largest absolute Gasteiger partial charge is 0.482 e. The maximum absolute atomic E-state index is 12.5. The quantitative estimate of drug-likeness (QED) is 0.589. The highest BCUT2D eigenvalue weighted by atomic mass is 35.5. The number of carbonyl (C=O) groups excluding carboxylic acids is 1. The Morgan fingerprint density at radius 1 is 1.07 bits per heavy atom. The van der Waals surface area contributed by atoms with E-state index in [1.54, 1.807) is 9.47 Å². The molecule has 4 rings (SSSR count). The van der Waals surface area contributed by atoms with Crippen LogP contribution in [-0.4, -0.2) is 40.1 Å². The summed E-state index contributed by atoms with van der Waals surface area (Å²) in [4.78, 5) is 29.5. The van der Waals surface area contributed by atoms with E-state index in [1.165, 1.54) is 12.1 Å². The third kappa shape index (κ3) is 4.10. The molecule has 1 N–H and O–H groups in total. The van der Waals surface area contributed by atoms with Gasteiger partial charge in [-0.1, -0.05) is 46.9 Å². The maximum Gasteiger partial charge on any atom is 0.326 e. The number of aromatic amines is 1.